The average Bonchev–Trinajstić information content (AvgIpc) is 2.67. The highest BCUT2D eigenvalue weighted by atomic mass is 19.2. The molecule has 0 radical (unpaired) electrons. The summed E-state index contributed by atoms with van der Waals surface area (Å²) in [7, 11) is 1.20. The van der Waals surface area contributed by atoms with Crippen LogP contribution < -0.4 is 10.2 Å². The van der Waals surface area contributed by atoms with Gasteiger partial charge in [-0.15, -0.1) is 0 Å². The van der Waals surface area contributed by atoms with Gasteiger partial charge in [0, 0.05) is 19.9 Å². The summed E-state index contributed by atoms with van der Waals surface area (Å²) < 4.78 is 45.1. The Labute approximate surface area is 158 Å². The molecule has 2 aromatic carbocycles. The lowest BCUT2D eigenvalue weighted by atomic mass is 10.1. The van der Waals surface area contributed by atoms with Gasteiger partial charge in [0.15, 0.2) is 17.5 Å². The van der Waals surface area contributed by atoms with Crippen molar-refractivity contribution in [3.05, 3.63) is 59.4 Å². The number of nitrogens with one attached hydrogen (secondary N) is 1. The second-order valence-electron chi connectivity index (χ2n) is 5.70. The van der Waals surface area contributed by atoms with Gasteiger partial charge in [0.05, 0.1) is 24.0 Å². The van der Waals surface area contributed by atoms with Gasteiger partial charge < -0.3 is 15.0 Å². The van der Waals surface area contributed by atoms with Crippen LogP contribution in [0.4, 0.5) is 24.5 Å². The van der Waals surface area contributed by atoms with E-state index in [1.165, 1.54) is 19.2 Å². The molecule has 0 aliphatic rings. The van der Waals surface area contributed by atoms with Gasteiger partial charge in [-0.25, -0.2) is 18.0 Å². The summed E-state index contributed by atoms with van der Waals surface area (Å²) in [6.45, 7) is 0.814. The van der Waals surface area contributed by atoms with Gasteiger partial charge in [-0.2, -0.15) is 0 Å². The van der Waals surface area contributed by atoms with E-state index < -0.39 is 40.9 Å². The molecule has 0 bridgehead atoms. The van der Waals surface area contributed by atoms with Gasteiger partial charge in [-0.3, -0.25) is 9.59 Å². The summed E-state index contributed by atoms with van der Waals surface area (Å²) in [6.07, 6.45) is -0.284. The van der Waals surface area contributed by atoms with Crippen molar-refractivity contribution >= 4 is 29.2 Å². The molecule has 2 aromatic rings. The van der Waals surface area contributed by atoms with Crippen LogP contribution in [0, 0.1) is 17.5 Å². The van der Waals surface area contributed by atoms with E-state index in [0.29, 0.717) is 6.07 Å². The number of para-hydroxylation sites is 1. The minimum atomic E-state index is -1.71. The van der Waals surface area contributed by atoms with Crippen LogP contribution in [0.1, 0.15) is 23.7 Å². The molecule has 9 heteroatoms. The number of nitrogens with zero attached hydrogens (tertiary/aromatic N) is 1. The van der Waals surface area contributed by atoms with Crippen LogP contribution in [-0.4, -0.2) is 31.4 Å². The largest absolute Gasteiger partial charge is 0.465 e. The first kappa shape index (κ1) is 20.9. The molecule has 0 aromatic heterocycles. The van der Waals surface area contributed by atoms with Crippen molar-refractivity contribution in [2.45, 2.75) is 13.3 Å². The highest BCUT2D eigenvalue weighted by molar-refractivity contribution is 6.01. The van der Waals surface area contributed by atoms with Crippen molar-refractivity contribution in [2.75, 3.05) is 23.9 Å². The highest BCUT2D eigenvalue weighted by Crippen LogP contribution is 2.24. The summed E-state index contributed by atoms with van der Waals surface area (Å²) in [4.78, 5) is 36.5. The van der Waals surface area contributed by atoms with E-state index in [-0.39, 0.29) is 24.2 Å². The van der Waals surface area contributed by atoms with Crippen molar-refractivity contribution < 1.29 is 32.3 Å². The number of benzene rings is 2. The van der Waals surface area contributed by atoms with E-state index in [4.69, 9.17) is 0 Å². The molecule has 6 nitrogen and oxygen atoms in total. The van der Waals surface area contributed by atoms with Crippen molar-refractivity contribution in [2.24, 2.45) is 0 Å². The number of rotatable bonds is 6. The fraction of sp³-hybridized carbons (Fsp3) is 0.211. The van der Waals surface area contributed by atoms with Crippen molar-refractivity contribution in [1.82, 2.24) is 0 Å². The molecule has 28 heavy (non-hydrogen) atoms. The van der Waals surface area contributed by atoms with Crippen LogP contribution in [0.25, 0.3) is 0 Å². The van der Waals surface area contributed by atoms with Gasteiger partial charge in [0.1, 0.15) is 0 Å². The maximum atomic E-state index is 14.0. The Balaban J connectivity index is 2.13. The fourth-order valence-corrected chi connectivity index (χ4v) is 2.48. The molecule has 0 aliphatic heterocycles. The summed E-state index contributed by atoms with van der Waals surface area (Å²) in [5.74, 6) is -6.50. The smallest absolute Gasteiger partial charge is 0.339 e. The number of amides is 2. The minimum absolute atomic E-state index is 0.133. The Morgan fingerprint density at radius 1 is 1.04 bits per heavy atom. The second kappa shape index (κ2) is 9.03. The number of carbonyl (C=O) groups is 3. The topological polar surface area (TPSA) is 75.7 Å². The molecule has 0 saturated heterocycles. The minimum Gasteiger partial charge on any atom is -0.465 e. The van der Waals surface area contributed by atoms with Gasteiger partial charge >= 0.3 is 5.97 Å². The summed E-state index contributed by atoms with van der Waals surface area (Å²) in [6, 6.07) is 7.74. The molecular weight excluding hydrogens is 377 g/mol. The van der Waals surface area contributed by atoms with Gasteiger partial charge in [-0.05, 0) is 24.3 Å². The summed E-state index contributed by atoms with van der Waals surface area (Å²) >= 11 is 0. The lowest BCUT2D eigenvalue weighted by Crippen LogP contribution is -2.33. The van der Waals surface area contributed by atoms with Crippen LogP contribution in [0.2, 0.25) is 0 Å². The van der Waals surface area contributed by atoms with Crippen molar-refractivity contribution in [3.63, 3.8) is 0 Å². The van der Waals surface area contributed by atoms with E-state index >= 15 is 0 Å². The first-order chi connectivity index (χ1) is 13.3. The van der Waals surface area contributed by atoms with E-state index in [1.54, 1.807) is 12.1 Å². The monoisotopic (exact) mass is 394 g/mol. The lowest BCUT2D eigenvalue weighted by Gasteiger charge is -2.22. The van der Waals surface area contributed by atoms with Crippen LogP contribution in [0.15, 0.2) is 36.4 Å². The lowest BCUT2D eigenvalue weighted by molar-refractivity contribution is -0.117. The van der Waals surface area contributed by atoms with Gasteiger partial charge in [0.2, 0.25) is 11.8 Å². The number of anilines is 2. The Kier molecular flexibility index (Phi) is 6.75. The van der Waals surface area contributed by atoms with Crippen molar-refractivity contribution in [3.8, 4) is 0 Å². The molecule has 2 amide bonds. The summed E-state index contributed by atoms with van der Waals surface area (Å²) in [5.41, 5.74) is -0.143. The predicted molar refractivity (Wildman–Crippen MR) is 95.4 cm³/mol. The highest BCUT2D eigenvalue weighted by Gasteiger charge is 2.22. The average molecular weight is 394 g/mol. The normalized spacial score (nSPS) is 10.3. The molecule has 0 fully saturated rings. The van der Waals surface area contributed by atoms with E-state index in [9.17, 15) is 27.6 Å². The number of halogens is 3. The SMILES string of the molecule is COC(=O)c1ccccc1NC(=O)CCN(C(C)=O)c1ccc(F)c(F)c1F. The van der Waals surface area contributed by atoms with E-state index in [2.05, 4.69) is 10.1 Å². The molecule has 1 N–H and O–H groups in total. The molecule has 0 atom stereocenters. The number of carbonyl (C=O) groups excluding carboxylic acids is 3. The zero-order valence-corrected chi connectivity index (χ0v) is 15.1. The third-order valence-corrected chi connectivity index (χ3v) is 3.85. The third-order valence-electron chi connectivity index (χ3n) is 3.85. The van der Waals surface area contributed by atoms with E-state index in [0.717, 1.165) is 17.9 Å². The Morgan fingerprint density at radius 2 is 1.71 bits per heavy atom. The summed E-state index contributed by atoms with van der Waals surface area (Å²) in [5, 5.41) is 2.50. The fourth-order valence-electron chi connectivity index (χ4n) is 2.48. The van der Waals surface area contributed by atoms with Crippen LogP contribution in [-0.2, 0) is 14.3 Å². The number of esters is 1. The quantitative estimate of drug-likeness (QED) is 0.603. The Bertz CT molecular complexity index is 918. The Hall–Kier alpha value is -3.36. The van der Waals surface area contributed by atoms with E-state index in [1.807, 2.05) is 0 Å². The predicted octanol–water partition coefficient (Wildman–Crippen LogP) is 3.27. The van der Waals surface area contributed by atoms with Crippen LogP contribution >= 0.6 is 0 Å². The van der Waals surface area contributed by atoms with Crippen molar-refractivity contribution in [1.29, 1.82) is 0 Å². The third kappa shape index (κ3) is 4.67. The number of methoxy groups -OCH3 is 1. The molecule has 0 heterocycles. The molecular formula is C19H17F3N2O4. The molecule has 2 rings (SSSR count). The number of hydrogen-bond donors (Lipinski definition) is 1. The Morgan fingerprint density at radius 3 is 2.36 bits per heavy atom. The van der Waals surface area contributed by atoms with Gasteiger partial charge in [-0.1, -0.05) is 12.1 Å². The molecule has 0 unspecified atom stereocenters. The standard InChI is InChI=1S/C19H17F3N2O4/c1-11(25)24(15-8-7-13(20)17(21)18(15)22)10-9-16(26)23-14-6-4-3-5-12(14)19(27)28-2/h3-8H,9-10H2,1-2H3,(H,23,26). The zero-order chi connectivity index (χ0) is 20.8. The molecule has 0 aliphatic carbocycles. The van der Waals surface area contributed by atoms with Crippen LogP contribution in [0.3, 0.4) is 0 Å². The zero-order valence-electron chi connectivity index (χ0n) is 15.1. The molecule has 148 valence electrons. The molecule has 0 spiro atoms. The number of hydrogen-bond acceptors (Lipinski definition) is 4. The molecule has 0 saturated carbocycles. The van der Waals surface area contributed by atoms with Crippen LogP contribution in [0.5, 0.6) is 0 Å². The van der Waals surface area contributed by atoms with Gasteiger partial charge in [0.25, 0.3) is 0 Å². The number of ether oxygens (including phenoxy) is 1. The first-order valence-electron chi connectivity index (χ1n) is 8.15. The maximum absolute atomic E-state index is 14.0. The first-order valence-corrected chi connectivity index (χ1v) is 8.15. The maximum Gasteiger partial charge on any atom is 0.339 e. The second-order valence-corrected chi connectivity index (χ2v) is 5.70.